The second-order valence-electron chi connectivity index (χ2n) is 8.88. The largest absolute Gasteiger partial charge is 0.480 e. The molecule has 41 heavy (non-hydrogen) atoms. The van der Waals surface area contributed by atoms with Crippen LogP contribution in [0, 0.1) is 6.92 Å². The normalized spacial score (nSPS) is 12.1. The van der Waals surface area contributed by atoms with Gasteiger partial charge in [-0.3, -0.25) is 24.3 Å². The fraction of sp³-hybridized carbons (Fsp3) is 0.192. The summed E-state index contributed by atoms with van der Waals surface area (Å²) in [6, 6.07) is 10.3. The van der Waals surface area contributed by atoms with Crippen LogP contribution >= 0.6 is 11.6 Å². The Morgan fingerprint density at radius 2 is 1.73 bits per heavy atom. The molecule has 0 aliphatic heterocycles. The standard InChI is InChI=1S/C26H20ClF3N6O5/c1-13-2-4-14(5-3-13)10-18(23(39)40)33-21(37)15-6-8-17(9-7-15)36(24(41)26(28,29)30)12-16-11-31-20-19(32-16)22(38)35-25(27)34-20/h2-9,11,18H,10,12H2,1H3,(H,33,37)(H,39,40)(H,31,34,35,38)/t18-/m1/s1. The van der Waals surface area contributed by atoms with Crippen LogP contribution in [0.3, 0.4) is 0 Å². The van der Waals surface area contributed by atoms with Crippen molar-refractivity contribution in [3.05, 3.63) is 92.7 Å². The van der Waals surface area contributed by atoms with Gasteiger partial charge in [0.25, 0.3) is 11.5 Å². The van der Waals surface area contributed by atoms with Crippen LogP contribution in [0.15, 0.2) is 59.5 Å². The monoisotopic (exact) mass is 588 g/mol. The summed E-state index contributed by atoms with van der Waals surface area (Å²) in [7, 11) is 0. The number of nitrogens with zero attached hydrogens (tertiary/aromatic N) is 4. The molecule has 0 saturated carbocycles. The molecule has 2 aromatic carbocycles. The molecule has 0 aliphatic rings. The van der Waals surface area contributed by atoms with Crippen LogP contribution in [0.4, 0.5) is 18.9 Å². The molecule has 4 rings (SSSR count). The van der Waals surface area contributed by atoms with Gasteiger partial charge in [0.15, 0.2) is 11.2 Å². The van der Waals surface area contributed by atoms with Crippen molar-refractivity contribution in [3.8, 4) is 0 Å². The lowest BCUT2D eigenvalue weighted by Crippen LogP contribution is -2.42. The summed E-state index contributed by atoms with van der Waals surface area (Å²) in [5.41, 5.74) is -0.0201. The zero-order valence-electron chi connectivity index (χ0n) is 21.1. The van der Waals surface area contributed by atoms with Gasteiger partial charge in [-0.15, -0.1) is 0 Å². The number of fused-ring (bicyclic) bond motifs is 1. The van der Waals surface area contributed by atoms with Gasteiger partial charge in [0.05, 0.1) is 18.4 Å². The molecule has 4 aromatic rings. The van der Waals surface area contributed by atoms with Gasteiger partial charge in [-0.05, 0) is 48.4 Å². The van der Waals surface area contributed by atoms with Crippen molar-refractivity contribution in [2.45, 2.75) is 32.1 Å². The number of carboxylic acids is 1. The van der Waals surface area contributed by atoms with E-state index in [2.05, 4.69) is 25.3 Å². The molecule has 0 fully saturated rings. The molecule has 0 unspecified atom stereocenters. The molecule has 2 aromatic heterocycles. The zero-order valence-corrected chi connectivity index (χ0v) is 21.8. The second-order valence-corrected chi connectivity index (χ2v) is 9.24. The number of amides is 2. The number of carbonyl (C=O) groups is 3. The number of halogens is 4. The fourth-order valence-corrected chi connectivity index (χ4v) is 3.96. The Hall–Kier alpha value is -4.85. The van der Waals surface area contributed by atoms with Crippen molar-refractivity contribution >= 4 is 46.2 Å². The Kier molecular flexibility index (Phi) is 8.33. The highest BCUT2D eigenvalue weighted by Gasteiger charge is 2.43. The van der Waals surface area contributed by atoms with Gasteiger partial charge in [0, 0.05) is 17.7 Å². The number of aromatic nitrogens is 4. The first-order valence-electron chi connectivity index (χ1n) is 11.8. The highest BCUT2D eigenvalue weighted by molar-refractivity contribution is 6.28. The van der Waals surface area contributed by atoms with Gasteiger partial charge in [-0.1, -0.05) is 29.8 Å². The minimum absolute atomic E-state index is 0.00462. The number of nitrogens with one attached hydrogen (secondary N) is 2. The summed E-state index contributed by atoms with van der Waals surface area (Å²) in [5.74, 6) is -4.29. The van der Waals surface area contributed by atoms with Crippen molar-refractivity contribution in [1.29, 1.82) is 0 Å². The second kappa shape index (κ2) is 11.7. The smallest absolute Gasteiger partial charge is 0.471 e. The third kappa shape index (κ3) is 7.03. The zero-order chi connectivity index (χ0) is 29.9. The number of hydrogen-bond donors (Lipinski definition) is 3. The topological polar surface area (TPSA) is 158 Å². The lowest BCUT2D eigenvalue weighted by Gasteiger charge is -2.24. The molecule has 3 N–H and O–H groups in total. The molecule has 0 saturated heterocycles. The Labute approximate surface area is 234 Å². The molecular weight excluding hydrogens is 569 g/mol. The summed E-state index contributed by atoms with van der Waals surface area (Å²) in [4.78, 5) is 63.1. The highest BCUT2D eigenvalue weighted by Crippen LogP contribution is 2.26. The van der Waals surface area contributed by atoms with Gasteiger partial charge in [0.1, 0.15) is 6.04 Å². The average molecular weight is 589 g/mol. The molecule has 2 heterocycles. The van der Waals surface area contributed by atoms with E-state index in [1.807, 2.05) is 6.92 Å². The van der Waals surface area contributed by atoms with Crippen molar-refractivity contribution < 1.29 is 32.7 Å². The van der Waals surface area contributed by atoms with Gasteiger partial charge in [-0.2, -0.15) is 18.2 Å². The Morgan fingerprint density at radius 3 is 2.34 bits per heavy atom. The lowest BCUT2D eigenvalue weighted by molar-refractivity contribution is -0.170. The maximum atomic E-state index is 13.5. The molecule has 0 spiro atoms. The fourth-order valence-electron chi connectivity index (χ4n) is 3.79. The number of hydrogen-bond acceptors (Lipinski definition) is 7. The number of carbonyl (C=O) groups excluding carboxylic acids is 2. The molecule has 1 atom stereocenters. The molecule has 0 radical (unpaired) electrons. The van der Waals surface area contributed by atoms with E-state index >= 15 is 0 Å². The van der Waals surface area contributed by atoms with E-state index in [0.29, 0.717) is 10.5 Å². The first kappa shape index (κ1) is 29.1. The molecule has 15 heteroatoms. The van der Waals surface area contributed by atoms with Gasteiger partial charge >= 0.3 is 18.1 Å². The van der Waals surface area contributed by atoms with Crippen LogP contribution in [0.5, 0.6) is 0 Å². The van der Waals surface area contributed by atoms with E-state index in [1.165, 1.54) is 0 Å². The molecular formula is C26H20ClF3N6O5. The van der Waals surface area contributed by atoms with Crippen molar-refractivity contribution in [1.82, 2.24) is 25.3 Å². The van der Waals surface area contributed by atoms with Gasteiger partial charge in [0.2, 0.25) is 5.28 Å². The van der Waals surface area contributed by atoms with Crippen LogP contribution in [-0.2, 0) is 22.6 Å². The Balaban J connectivity index is 1.57. The van der Waals surface area contributed by atoms with Crippen molar-refractivity contribution in [2.75, 3.05) is 4.90 Å². The average Bonchev–Trinajstić information content (AvgIpc) is 2.92. The summed E-state index contributed by atoms with van der Waals surface area (Å²) >= 11 is 5.67. The number of carboxylic acid groups (broad SMARTS) is 1. The quantitative estimate of drug-likeness (QED) is 0.265. The van der Waals surface area contributed by atoms with Crippen LogP contribution in [0.1, 0.15) is 27.2 Å². The first-order chi connectivity index (χ1) is 19.3. The minimum atomic E-state index is -5.27. The highest BCUT2D eigenvalue weighted by atomic mass is 35.5. The van der Waals surface area contributed by atoms with Crippen LogP contribution in [0.25, 0.3) is 11.2 Å². The third-order valence-corrected chi connectivity index (χ3v) is 6.03. The number of aromatic amines is 1. The first-order valence-corrected chi connectivity index (χ1v) is 12.2. The number of alkyl halides is 3. The minimum Gasteiger partial charge on any atom is -0.480 e. The third-order valence-electron chi connectivity index (χ3n) is 5.85. The van der Waals surface area contributed by atoms with Crippen LogP contribution in [-0.4, -0.2) is 55.0 Å². The molecule has 2 amide bonds. The SMILES string of the molecule is Cc1ccc(C[C@@H](NC(=O)c2ccc(N(Cc3cnc4nc(Cl)[nH]c(=O)c4n3)C(=O)C(F)(F)F)cc2)C(=O)O)cc1. The summed E-state index contributed by atoms with van der Waals surface area (Å²) in [5, 5.41) is 11.7. The number of H-pyrrole nitrogens is 1. The van der Waals surface area contributed by atoms with E-state index < -0.39 is 42.1 Å². The predicted octanol–water partition coefficient (Wildman–Crippen LogP) is 3.20. The van der Waals surface area contributed by atoms with E-state index in [0.717, 1.165) is 36.0 Å². The number of aliphatic carboxylic acids is 1. The van der Waals surface area contributed by atoms with E-state index in [9.17, 15) is 37.5 Å². The molecule has 0 aliphatic carbocycles. The summed E-state index contributed by atoms with van der Waals surface area (Å²) < 4.78 is 40.4. The molecule has 11 nitrogen and oxygen atoms in total. The molecule has 212 valence electrons. The van der Waals surface area contributed by atoms with E-state index in [1.54, 1.807) is 24.3 Å². The number of rotatable bonds is 8. The summed E-state index contributed by atoms with van der Waals surface area (Å²) in [6.45, 7) is 1.14. The number of benzene rings is 2. The maximum absolute atomic E-state index is 13.5. The lowest BCUT2D eigenvalue weighted by atomic mass is 10.0. The van der Waals surface area contributed by atoms with E-state index in [4.69, 9.17) is 11.6 Å². The maximum Gasteiger partial charge on any atom is 0.471 e. The van der Waals surface area contributed by atoms with Crippen LogP contribution in [0.2, 0.25) is 5.28 Å². The van der Waals surface area contributed by atoms with Crippen molar-refractivity contribution in [2.24, 2.45) is 0 Å². The predicted molar refractivity (Wildman–Crippen MR) is 140 cm³/mol. The number of anilines is 1. The van der Waals surface area contributed by atoms with Crippen molar-refractivity contribution in [3.63, 3.8) is 0 Å². The number of aryl methyl sites for hydroxylation is 1. The van der Waals surface area contributed by atoms with Gasteiger partial charge in [-0.25, -0.2) is 14.8 Å². The van der Waals surface area contributed by atoms with E-state index in [-0.39, 0.29) is 39.8 Å². The summed E-state index contributed by atoms with van der Waals surface area (Å²) in [6.07, 6.45) is -4.22. The van der Waals surface area contributed by atoms with Gasteiger partial charge < -0.3 is 10.4 Å². The van der Waals surface area contributed by atoms with Crippen LogP contribution < -0.4 is 15.8 Å². The Morgan fingerprint density at radius 1 is 1.07 bits per heavy atom. The molecule has 0 bridgehead atoms. The Bertz CT molecular complexity index is 1680.